The van der Waals surface area contributed by atoms with Gasteiger partial charge in [0.1, 0.15) is 54.9 Å². The molecule has 3 aliphatic rings. The number of aliphatic hydroxyl groups is 7. The summed E-state index contributed by atoms with van der Waals surface area (Å²) in [4.78, 5) is 13.1. The van der Waals surface area contributed by atoms with E-state index in [2.05, 4.69) is 0 Å². The van der Waals surface area contributed by atoms with Gasteiger partial charge in [-0.15, -0.1) is 0 Å². The Labute approximate surface area is 308 Å². The third-order valence-electron chi connectivity index (χ3n) is 9.35. The van der Waals surface area contributed by atoms with Crippen LogP contribution in [-0.4, -0.2) is 167 Å². The number of carbonyl (C=O) groups is 1. The molecule has 2 aromatic rings. The summed E-state index contributed by atoms with van der Waals surface area (Å²) in [5.74, 6) is -2.58. The first-order valence-electron chi connectivity index (χ1n) is 17.1. The summed E-state index contributed by atoms with van der Waals surface area (Å²) in [6.45, 7) is 1.84. The highest BCUT2D eigenvalue weighted by molar-refractivity contribution is 5.87. The fraction of sp³-hybridized carbons (Fsp3) is 0.571. The van der Waals surface area contributed by atoms with Crippen LogP contribution in [0.2, 0.25) is 0 Å². The molecule has 5 rings (SSSR count). The zero-order valence-corrected chi connectivity index (χ0v) is 29.1. The standard InChI is InChI=1S/C35H46O19/c1-14-24(42)26(44)28(46)34(49-14)54-32-27(45)25(43)15(2)50-35(32)53-31-29(47)33(48-10-9-17-4-7-19(38)21(40)12-17)51-22(13-36)30(31)52-23(41)8-5-16-3-6-18(37)20(39)11-16/h3-8,11-12,14-15,22,24-40,42-47H,9-10,13H2,1-2H3/b8-5+/t14-,15+,22+,24-,25-,26+,27-,28-,29+,30+,31+,32-,33+,34+,35+/m0/s1. The second-order valence-electron chi connectivity index (χ2n) is 13.2. The minimum Gasteiger partial charge on any atom is -0.504 e. The number of hydrogen-bond donors (Lipinski definition) is 11. The minimum absolute atomic E-state index is 0.139. The Kier molecular flexibility index (Phi) is 13.7. The summed E-state index contributed by atoms with van der Waals surface area (Å²) in [6, 6.07) is 7.86. The van der Waals surface area contributed by atoms with Gasteiger partial charge >= 0.3 is 5.97 Å². The molecule has 19 heteroatoms. The average Bonchev–Trinajstić information content (AvgIpc) is 3.14. The summed E-state index contributed by atoms with van der Waals surface area (Å²) in [6.07, 6.45) is -21.5. The molecular weight excluding hydrogens is 724 g/mol. The fourth-order valence-electron chi connectivity index (χ4n) is 6.17. The van der Waals surface area contributed by atoms with Crippen LogP contribution in [0.3, 0.4) is 0 Å². The van der Waals surface area contributed by atoms with Crippen LogP contribution in [0, 0.1) is 0 Å². The molecule has 3 aliphatic heterocycles. The zero-order valence-electron chi connectivity index (χ0n) is 29.1. The van der Waals surface area contributed by atoms with Gasteiger partial charge in [-0.1, -0.05) is 12.1 Å². The van der Waals surface area contributed by atoms with Crippen molar-refractivity contribution in [1.29, 1.82) is 0 Å². The Balaban J connectivity index is 1.40. The van der Waals surface area contributed by atoms with E-state index in [4.69, 9.17) is 33.2 Å². The lowest BCUT2D eigenvalue weighted by Crippen LogP contribution is -2.66. The predicted molar refractivity (Wildman–Crippen MR) is 178 cm³/mol. The molecule has 0 aliphatic carbocycles. The number of phenolic OH excluding ortho intramolecular Hbond substituents is 4. The van der Waals surface area contributed by atoms with Crippen molar-refractivity contribution in [3.05, 3.63) is 53.6 Å². The fourth-order valence-corrected chi connectivity index (χ4v) is 6.17. The molecule has 19 nitrogen and oxygen atoms in total. The smallest absolute Gasteiger partial charge is 0.331 e. The maximum absolute atomic E-state index is 13.1. The van der Waals surface area contributed by atoms with Crippen LogP contribution in [-0.2, 0) is 44.4 Å². The molecule has 300 valence electrons. The molecule has 11 N–H and O–H groups in total. The Morgan fingerprint density at radius 3 is 1.93 bits per heavy atom. The molecule has 0 amide bonds. The highest BCUT2D eigenvalue weighted by Crippen LogP contribution is 2.34. The Bertz CT molecular complexity index is 1590. The van der Waals surface area contributed by atoms with Crippen LogP contribution in [0.4, 0.5) is 0 Å². The molecule has 2 aromatic carbocycles. The zero-order chi connectivity index (χ0) is 39.4. The average molecular weight is 771 g/mol. The van der Waals surface area contributed by atoms with Gasteiger partial charge in [-0.05, 0) is 61.7 Å². The van der Waals surface area contributed by atoms with Crippen molar-refractivity contribution in [2.24, 2.45) is 0 Å². The first-order valence-corrected chi connectivity index (χ1v) is 17.1. The number of carbonyl (C=O) groups excluding carboxylic acids is 1. The van der Waals surface area contributed by atoms with Crippen LogP contribution in [0.15, 0.2) is 42.5 Å². The number of rotatable bonds is 12. The first-order chi connectivity index (χ1) is 25.6. The summed E-state index contributed by atoms with van der Waals surface area (Å²) in [7, 11) is 0. The van der Waals surface area contributed by atoms with Gasteiger partial charge in [0, 0.05) is 6.08 Å². The number of aliphatic hydroxyl groups excluding tert-OH is 7. The molecule has 54 heavy (non-hydrogen) atoms. The van der Waals surface area contributed by atoms with Crippen molar-refractivity contribution in [2.75, 3.05) is 13.2 Å². The van der Waals surface area contributed by atoms with Crippen molar-refractivity contribution in [2.45, 2.75) is 112 Å². The van der Waals surface area contributed by atoms with E-state index in [0.717, 1.165) is 6.08 Å². The van der Waals surface area contributed by atoms with Crippen molar-refractivity contribution in [3.8, 4) is 23.0 Å². The van der Waals surface area contributed by atoms with Crippen molar-refractivity contribution in [1.82, 2.24) is 0 Å². The van der Waals surface area contributed by atoms with Crippen molar-refractivity contribution < 1.29 is 94.1 Å². The van der Waals surface area contributed by atoms with Gasteiger partial charge in [-0.25, -0.2) is 4.79 Å². The highest BCUT2D eigenvalue weighted by Gasteiger charge is 2.54. The maximum Gasteiger partial charge on any atom is 0.331 e. The molecule has 0 spiro atoms. The molecule has 0 aromatic heterocycles. The molecule has 0 unspecified atom stereocenters. The molecule has 0 radical (unpaired) electrons. The van der Waals surface area contributed by atoms with Gasteiger partial charge in [0.2, 0.25) is 0 Å². The molecule has 3 heterocycles. The number of esters is 1. The van der Waals surface area contributed by atoms with Gasteiger partial charge in [0.15, 0.2) is 48.0 Å². The number of aromatic hydroxyl groups is 4. The SMILES string of the molecule is C[C@@H]1O[C@H](O[C@@H]2[C@@H](O[C@@H]3[C@@H](O)[C@H](OCCc4ccc(O)c(O)c4)O[C@H](CO)[C@H]3OC(=O)/C=C/c3ccc(O)c(O)c3)O[C@H](C)[C@H](O)[C@@H]2O)[C@@H](O)[C@H](O)[C@H]1O. The maximum atomic E-state index is 13.1. The Morgan fingerprint density at radius 1 is 0.667 bits per heavy atom. The topological polar surface area (TPSA) is 304 Å². The Hall–Kier alpha value is -3.67. The van der Waals surface area contributed by atoms with Crippen LogP contribution in [0.25, 0.3) is 6.08 Å². The Morgan fingerprint density at radius 2 is 1.28 bits per heavy atom. The number of hydrogen-bond acceptors (Lipinski definition) is 19. The molecule has 3 fully saturated rings. The van der Waals surface area contributed by atoms with Crippen LogP contribution in [0.5, 0.6) is 23.0 Å². The molecule has 0 saturated carbocycles. The lowest BCUT2D eigenvalue weighted by Gasteiger charge is -2.48. The van der Waals surface area contributed by atoms with Crippen LogP contribution < -0.4 is 0 Å². The largest absolute Gasteiger partial charge is 0.504 e. The van der Waals surface area contributed by atoms with E-state index in [1.807, 2.05) is 0 Å². The number of ether oxygens (including phenoxy) is 7. The summed E-state index contributed by atoms with van der Waals surface area (Å²) < 4.78 is 40.5. The highest BCUT2D eigenvalue weighted by atomic mass is 16.8. The van der Waals surface area contributed by atoms with Gasteiger partial charge in [-0.2, -0.15) is 0 Å². The monoisotopic (exact) mass is 770 g/mol. The van der Waals surface area contributed by atoms with E-state index in [-0.39, 0.29) is 30.3 Å². The van der Waals surface area contributed by atoms with E-state index in [1.165, 1.54) is 56.3 Å². The third-order valence-corrected chi connectivity index (χ3v) is 9.35. The van der Waals surface area contributed by atoms with E-state index in [9.17, 15) is 61.0 Å². The normalized spacial score (nSPS) is 37.3. The lowest BCUT2D eigenvalue weighted by molar-refractivity contribution is -0.385. The van der Waals surface area contributed by atoms with Gasteiger partial charge in [0.25, 0.3) is 0 Å². The van der Waals surface area contributed by atoms with Crippen molar-refractivity contribution >= 4 is 12.0 Å². The lowest BCUT2D eigenvalue weighted by atomic mass is 9.96. The second-order valence-corrected chi connectivity index (χ2v) is 13.2. The molecular formula is C35H46O19. The quantitative estimate of drug-likeness (QED) is 0.0622. The van der Waals surface area contributed by atoms with E-state index >= 15 is 0 Å². The van der Waals surface area contributed by atoms with E-state index < -0.39 is 110 Å². The van der Waals surface area contributed by atoms with E-state index in [1.54, 1.807) is 0 Å². The molecule has 15 atom stereocenters. The van der Waals surface area contributed by atoms with Crippen molar-refractivity contribution in [3.63, 3.8) is 0 Å². The van der Waals surface area contributed by atoms with Crippen LogP contribution >= 0.6 is 0 Å². The first kappa shape index (κ1) is 41.5. The minimum atomic E-state index is -1.84. The second kappa shape index (κ2) is 17.9. The van der Waals surface area contributed by atoms with Gasteiger partial charge in [0.05, 0.1) is 25.4 Å². The molecule has 3 saturated heterocycles. The predicted octanol–water partition coefficient (Wildman–Crippen LogP) is -2.16. The third kappa shape index (κ3) is 9.40. The number of benzene rings is 2. The van der Waals surface area contributed by atoms with Gasteiger partial charge in [-0.3, -0.25) is 0 Å². The summed E-state index contributed by atoms with van der Waals surface area (Å²) in [5, 5.41) is 114. The number of phenols is 4. The van der Waals surface area contributed by atoms with Gasteiger partial charge < -0.3 is 89.3 Å². The molecule has 0 bridgehead atoms. The summed E-state index contributed by atoms with van der Waals surface area (Å²) >= 11 is 0. The van der Waals surface area contributed by atoms with Crippen LogP contribution in [0.1, 0.15) is 25.0 Å². The summed E-state index contributed by atoms with van der Waals surface area (Å²) in [5.41, 5.74) is 0.833. The van der Waals surface area contributed by atoms with E-state index in [0.29, 0.717) is 11.1 Å².